The van der Waals surface area contributed by atoms with E-state index in [1.165, 1.54) is 11.1 Å². The molecular formula is C15H19NOS. The van der Waals surface area contributed by atoms with Crippen LogP contribution in [0.4, 0.5) is 0 Å². The van der Waals surface area contributed by atoms with Crippen LogP contribution in [0.25, 0.3) is 0 Å². The molecule has 0 bridgehead atoms. The summed E-state index contributed by atoms with van der Waals surface area (Å²) < 4.78 is 5.32. The number of ether oxygens (including phenoxy) is 1. The zero-order chi connectivity index (χ0) is 12.8. The zero-order valence-electron chi connectivity index (χ0n) is 10.8. The second kappa shape index (κ2) is 6.69. The second-order valence-corrected chi connectivity index (χ2v) is 5.14. The topological polar surface area (TPSA) is 21.3 Å². The van der Waals surface area contributed by atoms with Crippen LogP contribution in [0.2, 0.25) is 0 Å². The third kappa shape index (κ3) is 3.42. The van der Waals surface area contributed by atoms with Gasteiger partial charge in [0.25, 0.3) is 0 Å². The molecule has 2 nitrogen and oxygen atoms in total. The van der Waals surface area contributed by atoms with E-state index in [0.29, 0.717) is 12.6 Å². The van der Waals surface area contributed by atoms with Gasteiger partial charge in [0.1, 0.15) is 0 Å². The quantitative estimate of drug-likeness (QED) is 0.854. The Bertz CT molecular complexity index is 441. The Hall–Kier alpha value is -1.16. The fourth-order valence-corrected chi connectivity index (χ4v) is 2.77. The molecule has 0 aliphatic carbocycles. The first-order valence-corrected chi connectivity index (χ1v) is 7.07. The van der Waals surface area contributed by atoms with Crippen molar-refractivity contribution in [3.63, 3.8) is 0 Å². The molecule has 0 spiro atoms. The van der Waals surface area contributed by atoms with Gasteiger partial charge in [-0.2, -0.15) is 11.3 Å². The van der Waals surface area contributed by atoms with Crippen molar-refractivity contribution in [1.82, 2.24) is 5.32 Å². The number of thiophene rings is 1. The first kappa shape index (κ1) is 13.3. The van der Waals surface area contributed by atoms with Crippen molar-refractivity contribution >= 4 is 11.3 Å². The SMILES string of the molecule is COCC(NC(C)c1ccsc1)c1ccccc1. The molecule has 2 aromatic rings. The predicted octanol–water partition coefficient (Wildman–Crippen LogP) is 3.79. The molecule has 0 aliphatic rings. The molecule has 2 atom stereocenters. The van der Waals surface area contributed by atoms with Gasteiger partial charge in [-0.3, -0.25) is 0 Å². The minimum Gasteiger partial charge on any atom is -0.383 e. The average molecular weight is 261 g/mol. The lowest BCUT2D eigenvalue weighted by Crippen LogP contribution is -2.27. The summed E-state index contributed by atoms with van der Waals surface area (Å²) in [5, 5.41) is 7.92. The van der Waals surface area contributed by atoms with Gasteiger partial charge in [0, 0.05) is 13.2 Å². The predicted molar refractivity (Wildman–Crippen MR) is 76.9 cm³/mol. The van der Waals surface area contributed by atoms with Crippen molar-refractivity contribution in [3.8, 4) is 0 Å². The van der Waals surface area contributed by atoms with Crippen molar-refractivity contribution in [3.05, 3.63) is 58.3 Å². The van der Waals surface area contributed by atoms with Crippen LogP contribution in [0, 0.1) is 0 Å². The summed E-state index contributed by atoms with van der Waals surface area (Å²) in [6, 6.07) is 13.2. The number of hydrogen-bond donors (Lipinski definition) is 1. The Kier molecular flexibility index (Phi) is 4.93. The summed E-state index contributed by atoms with van der Waals surface area (Å²) >= 11 is 1.73. The molecule has 0 aliphatic heterocycles. The standard InChI is InChI=1S/C15H19NOS/c1-12(14-8-9-18-11-14)16-15(10-17-2)13-6-4-3-5-7-13/h3-9,11-12,15-16H,10H2,1-2H3. The monoisotopic (exact) mass is 261 g/mol. The lowest BCUT2D eigenvalue weighted by atomic mass is 10.1. The molecule has 1 aromatic carbocycles. The summed E-state index contributed by atoms with van der Waals surface area (Å²) in [6.45, 7) is 2.87. The van der Waals surface area contributed by atoms with Gasteiger partial charge in [-0.05, 0) is 34.9 Å². The molecule has 0 amide bonds. The van der Waals surface area contributed by atoms with Crippen molar-refractivity contribution < 1.29 is 4.74 Å². The van der Waals surface area contributed by atoms with Gasteiger partial charge < -0.3 is 10.1 Å². The molecule has 2 rings (SSSR count). The lowest BCUT2D eigenvalue weighted by Gasteiger charge is -2.23. The van der Waals surface area contributed by atoms with Crippen LogP contribution in [0.1, 0.15) is 30.1 Å². The van der Waals surface area contributed by atoms with E-state index in [-0.39, 0.29) is 6.04 Å². The van der Waals surface area contributed by atoms with Gasteiger partial charge in [0.15, 0.2) is 0 Å². The number of nitrogens with one attached hydrogen (secondary N) is 1. The van der Waals surface area contributed by atoms with Crippen LogP contribution < -0.4 is 5.32 Å². The first-order valence-electron chi connectivity index (χ1n) is 6.13. The molecule has 1 heterocycles. The number of rotatable bonds is 6. The molecule has 0 saturated carbocycles. The van der Waals surface area contributed by atoms with Crippen LogP contribution in [0.3, 0.4) is 0 Å². The summed E-state index contributed by atoms with van der Waals surface area (Å²) in [4.78, 5) is 0. The summed E-state index contributed by atoms with van der Waals surface area (Å²) in [7, 11) is 1.74. The second-order valence-electron chi connectivity index (χ2n) is 4.36. The van der Waals surface area contributed by atoms with Crippen molar-refractivity contribution in [2.24, 2.45) is 0 Å². The molecule has 0 saturated heterocycles. The van der Waals surface area contributed by atoms with E-state index in [1.807, 2.05) is 6.07 Å². The van der Waals surface area contributed by atoms with E-state index in [2.05, 4.69) is 53.3 Å². The number of methoxy groups -OCH3 is 1. The third-order valence-electron chi connectivity index (χ3n) is 3.03. The fraction of sp³-hybridized carbons (Fsp3) is 0.333. The van der Waals surface area contributed by atoms with E-state index in [4.69, 9.17) is 4.74 Å². The maximum atomic E-state index is 5.32. The van der Waals surface area contributed by atoms with Crippen molar-refractivity contribution in [2.75, 3.05) is 13.7 Å². The van der Waals surface area contributed by atoms with Gasteiger partial charge in [-0.15, -0.1) is 0 Å². The van der Waals surface area contributed by atoms with Crippen LogP contribution >= 0.6 is 11.3 Å². The molecule has 0 radical (unpaired) electrons. The van der Waals surface area contributed by atoms with Gasteiger partial charge >= 0.3 is 0 Å². The van der Waals surface area contributed by atoms with E-state index in [1.54, 1.807) is 18.4 Å². The van der Waals surface area contributed by atoms with Gasteiger partial charge in [-0.25, -0.2) is 0 Å². The average Bonchev–Trinajstić information content (AvgIpc) is 2.93. The van der Waals surface area contributed by atoms with Crippen LogP contribution in [0.5, 0.6) is 0 Å². The molecule has 1 N–H and O–H groups in total. The van der Waals surface area contributed by atoms with Crippen LogP contribution in [-0.2, 0) is 4.74 Å². The van der Waals surface area contributed by atoms with Crippen LogP contribution in [-0.4, -0.2) is 13.7 Å². The molecule has 96 valence electrons. The Morgan fingerprint density at radius 2 is 1.94 bits per heavy atom. The van der Waals surface area contributed by atoms with E-state index in [9.17, 15) is 0 Å². The zero-order valence-corrected chi connectivity index (χ0v) is 11.6. The number of benzene rings is 1. The lowest BCUT2D eigenvalue weighted by molar-refractivity contribution is 0.162. The number of hydrogen-bond acceptors (Lipinski definition) is 3. The Labute approximate surface area is 113 Å². The molecule has 0 fully saturated rings. The van der Waals surface area contributed by atoms with Crippen LogP contribution in [0.15, 0.2) is 47.2 Å². The minimum atomic E-state index is 0.228. The molecule has 2 unspecified atom stereocenters. The van der Waals surface area contributed by atoms with Crippen molar-refractivity contribution in [2.45, 2.75) is 19.0 Å². The summed E-state index contributed by atoms with van der Waals surface area (Å²) in [5.41, 5.74) is 2.60. The third-order valence-corrected chi connectivity index (χ3v) is 3.73. The highest BCUT2D eigenvalue weighted by atomic mass is 32.1. The molecular weight excluding hydrogens is 242 g/mol. The molecule has 1 aromatic heterocycles. The Morgan fingerprint density at radius 3 is 2.56 bits per heavy atom. The summed E-state index contributed by atoms with van der Waals surface area (Å²) in [5.74, 6) is 0. The highest BCUT2D eigenvalue weighted by Crippen LogP contribution is 2.21. The fourth-order valence-electron chi connectivity index (χ4n) is 2.01. The highest BCUT2D eigenvalue weighted by Gasteiger charge is 2.15. The molecule has 3 heteroatoms. The largest absolute Gasteiger partial charge is 0.383 e. The Balaban J connectivity index is 2.07. The normalized spacial score (nSPS) is 14.3. The maximum absolute atomic E-state index is 5.32. The first-order chi connectivity index (χ1) is 8.81. The maximum Gasteiger partial charge on any atom is 0.0657 e. The smallest absolute Gasteiger partial charge is 0.0657 e. The van der Waals surface area contributed by atoms with Gasteiger partial charge in [0.2, 0.25) is 0 Å². The minimum absolute atomic E-state index is 0.228. The van der Waals surface area contributed by atoms with Gasteiger partial charge in [-0.1, -0.05) is 30.3 Å². The van der Waals surface area contributed by atoms with Gasteiger partial charge in [0.05, 0.1) is 12.6 Å². The van der Waals surface area contributed by atoms with E-state index in [0.717, 1.165) is 0 Å². The van der Waals surface area contributed by atoms with Crippen molar-refractivity contribution in [1.29, 1.82) is 0 Å². The van der Waals surface area contributed by atoms with E-state index >= 15 is 0 Å². The molecule has 18 heavy (non-hydrogen) atoms. The Morgan fingerprint density at radius 1 is 1.17 bits per heavy atom. The highest BCUT2D eigenvalue weighted by molar-refractivity contribution is 7.07. The summed E-state index contributed by atoms with van der Waals surface area (Å²) in [6.07, 6.45) is 0. The van der Waals surface area contributed by atoms with E-state index < -0.39 is 0 Å².